The zero-order valence-electron chi connectivity index (χ0n) is 4.52. The van der Waals surface area contributed by atoms with Gasteiger partial charge < -0.3 is 15.3 Å². The Balaban J connectivity index is 0. The van der Waals surface area contributed by atoms with Gasteiger partial charge in [-0.15, -0.1) is 0 Å². The molecule has 0 aromatic carbocycles. The Bertz CT molecular complexity index is 56.9. The first-order valence-corrected chi connectivity index (χ1v) is 1.50. The van der Waals surface area contributed by atoms with E-state index in [4.69, 9.17) is 5.73 Å². The molecule has 0 aliphatic carbocycles. The molecule has 0 aromatic rings. The molecule has 1 amide bonds. The van der Waals surface area contributed by atoms with Crippen molar-refractivity contribution in [3.63, 3.8) is 0 Å². The molecule has 1 N–H and O–H groups in total. The molecule has 0 aliphatic heterocycles. The number of hydrogen-bond acceptors (Lipinski definition) is 2. The maximum atomic E-state index is 9.59. The Morgan fingerprint density at radius 1 is 1.86 bits per heavy atom. The van der Waals surface area contributed by atoms with Gasteiger partial charge in [-0.05, 0) is 0 Å². The Morgan fingerprint density at radius 3 is 2.29 bits per heavy atom. The summed E-state index contributed by atoms with van der Waals surface area (Å²) in [5.41, 5.74) is 6.21. The first kappa shape index (κ1) is 10.9. The van der Waals surface area contributed by atoms with Crippen molar-refractivity contribution in [2.75, 3.05) is 13.7 Å². The molecule has 0 unspecified atom stereocenters. The van der Waals surface area contributed by atoms with Crippen molar-refractivity contribution in [3.8, 4) is 0 Å². The van der Waals surface area contributed by atoms with Crippen molar-refractivity contribution in [1.29, 1.82) is 0 Å². The average Bonchev–Trinajstić information content (AvgIpc) is 1.35. The van der Waals surface area contributed by atoms with Gasteiger partial charge in [0, 0.05) is 7.11 Å². The van der Waals surface area contributed by atoms with Crippen LogP contribution in [0.1, 0.15) is 0 Å². The van der Waals surface area contributed by atoms with Gasteiger partial charge in [0.25, 0.3) is 0 Å². The van der Waals surface area contributed by atoms with Gasteiger partial charge in [-0.3, -0.25) is 0 Å². The van der Waals surface area contributed by atoms with Crippen LogP contribution in [0.3, 0.4) is 0 Å². The van der Waals surface area contributed by atoms with Crippen LogP contribution in [0.4, 0.5) is 0 Å². The maximum absolute atomic E-state index is 9.59. The quantitative estimate of drug-likeness (QED) is 0.377. The van der Waals surface area contributed by atoms with E-state index in [1.54, 1.807) is 0 Å². The topological polar surface area (TPSA) is 50.1 Å². The van der Waals surface area contributed by atoms with Gasteiger partial charge in [-0.25, -0.2) is 0 Å². The molecule has 36 valence electrons. The number of methoxy groups -OCH3 is 1. The first-order valence-electron chi connectivity index (χ1n) is 1.50. The Hall–Kier alpha value is 1.07. The summed E-state index contributed by atoms with van der Waals surface area (Å²) in [4.78, 5) is 9.59. The van der Waals surface area contributed by atoms with Crippen LogP contribution in [0.25, 0.3) is 5.73 Å². The van der Waals surface area contributed by atoms with E-state index in [1.165, 1.54) is 7.11 Å². The first-order chi connectivity index (χ1) is 2.77. The zero-order valence-corrected chi connectivity index (χ0v) is 7.65. The smallest absolute Gasteiger partial charge is 0.666 e. The van der Waals surface area contributed by atoms with E-state index in [9.17, 15) is 4.79 Å². The van der Waals surface area contributed by atoms with Gasteiger partial charge in [0.1, 0.15) is 0 Å². The number of hydrogen-bond donors (Lipinski definition) is 0. The van der Waals surface area contributed by atoms with Gasteiger partial charge >= 0.3 is 51.4 Å². The summed E-state index contributed by atoms with van der Waals surface area (Å²) < 4.78 is 4.27. The molecule has 4 heteroatoms. The Kier molecular flexibility index (Phi) is 11.0. The van der Waals surface area contributed by atoms with Gasteiger partial charge in [0.05, 0.1) is 12.5 Å². The number of rotatable bonds is 2. The van der Waals surface area contributed by atoms with Crippen LogP contribution in [0.5, 0.6) is 0 Å². The molecule has 0 saturated heterocycles. The molecule has 0 radical (unpaired) electrons. The molecule has 0 saturated carbocycles. The summed E-state index contributed by atoms with van der Waals surface area (Å²) in [6, 6.07) is 0. The molecule has 0 bridgehead atoms. The second-order valence-electron chi connectivity index (χ2n) is 0.856. The van der Waals surface area contributed by atoms with Crippen molar-refractivity contribution in [2.24, 2.45) is 0 Å². The molecular weight excluding hydrogens is 121 g/mol. The Morgan fingerprint density at radius 2 is 2.29 bits per heavy atom. The molecule has 0 atom stereocenters. The fraction of sp³-hybridized carbons (Fsp3) is 0.667. The number of amides is 1. The van der Waals surface area contributed by atoms with Gasteiger partial charge in [0.2, 0.25) is 0 Å². The molecule has 0 spiro atoms. The van der Waals surface area contributed by atoms with Gasteiger partial charge in [0.15, 0.2) is 0 Å². The largest absolute Gasteiger partial charge is 1.00 e. The summed E-state index contributed by atoms with van der Waals surface area (Å²) in [6.45, 7) is -0.0972. The van der Waals surface area contributed by atoms with Crippen LogP contribution in [0.2, 0.25) is 0 Å². The summed E-state index contributed by atoms with van der Waals surface area (Å²) in [5, 5.41) is 0. The standard InChI is InChI=1S/C3H7NO2.K/c1-6-2-3(4)5;/h2H2,1H3,(H2,4,5);/q;+1/p-1. The van der Waals surface area contributed by atoms with Crippen molar-refractivity contribution in [2.45, 2.75) is 0 Å². The minimum absolute atomic E-state index is 0. The SMILES string of the molecule is COCC([NH-])=O.[K+]. The molecule has 0 fully saturated rings. The summed E-state index contributed by atoms with van der Waals surface area (Å²) in [7, 11) is 1.38. The van der Waals surface area contributed by atoms with Gasteiger partial charge in [-0.2, -0.15) is 0 Å². The predicted octanol–water partition coefficient (Wildman–Crippen LogP) is -2.78. The Labute approximate surface area is 85.0 Å². The molecule has 0 aliphatic rings. The van der Waals surface area contributed by atoms with Crippen molar-refractivity contribution in [3.05, 3.63) is 5.73 Å². The minimum Gasteiger partial charge on any atom is -0.666 e. The number of carbonyl (C=O) groups is 1. The van der Waals surface area contributed by atoms with Gasteiger partial charge in [-0.1, -0.05) is 0 Å². The van der Waals surface area contributed by atoms with E-state index in [2.05, 4.69) is 4.74 Å². The van der Waals surface area contributed by atoms with Crippen LogP contribution in [0.15, 0.2) is 0 Å². The second-order valence-corrected chi connectivity index (χ2v) is 0.856. The third kappa shape index (κ3) is 11.0. The molecule has 0 aromatic heterocycles. The van der Waals surface area contributed by atoms with Crippen molar-refractivity contribution >= 4 is 5.91 Å². The van der Waals surface area contributed by atoms with E-state index >= 15 is 0 Å². The molecular formula is C3H6KNO2. The van der Waals surface area contributed by atoms with Crippen molar-refractivity contribution < 1.29 is 60.9 Å². The number of nitrogens with one attached hydrogen (secondary N) is 1. The fourth-order valence-electron chi connectivity index (χ4n) is 0.131. The van der Waals surface area contributed by atoms with Crippen molar-refractivity contribution in [1.82, 2.24) is 0 Å². The summed E-state index contributed by atoms with van der Waals surface area (Å²) in [6.07, 6.45) is 0. The van der Waals surface area contributed by atoms with E-state index in [1.807, 2.05) is 0 Å². The van der Waals surface area contributed by atoms with E-state index < -0.39 is 5.91 Å². The number of carbonyl (C=O) groups excluding carboxylic acids is 1. The van der Waals surface area contributed by atoms with E-state index in [0.717, 1.165) is 0 Å². The summed E-state index contributed by atoms with van der Waals surface area (Å²) in [5.74, 6) is -0.683. The van der Waals surface area contributed by atoms with E-state index in [-0.39, 0.29) is 58.0 Å². The monoisotopic (exact) mass is 127 g/mol. The van der Waals surface area contributed by atoms with Crippen LogP contribution in [-0.2, 0) is 9.53 Å². The molecule has 3 nitrogen and oxygen atoms in total. The van der Waals surface area contributed by atoms with Crippen LogP contribution in [-0.4, -0.2) is 19.6 Å². The molecule has 0 heterocycles. The van der Waals surface area contributed by atoms with Crippen LogP contribution >= 0.6 is 0 Å². The predicted molar refractivity (Wildman–Crippen MR) is 21.2 cm³/mol. The minimum atomic E-state index is -0.683. The normalized spacial score (nSPS) is 7.00. The van der Waals surface area contributed by atoms with Crippen LogP contribution < -0.4 is 51.4 Å². The maximum Gasteiger partial charge on any atom is 1.00 e. The summed E-state index contributed by atoms with van der Waals surface area (Å²) >= 11 is 0. The zero-order chi connectivity index (χ0) is 4.99. The third-order valence-electron chi connectivity index (χ3n) is 0.275. The fourth-order valence-corrected chi connectivity index (χ4v) is 0.131. The second kappa shape index (κ2) is 7.07. The molecule has 0 rings (SSSR count). The number of ether oxygens (including phenoxy) is 1. The molecule has 7 heavy (non-hydrogen) atoms. The van der Waals surface area contributed by atoms with E-state index in [0.29, 0.717) is 0 Å². The third-order valence-corrected chi connectivity index (χ3v) is 0.275. The van der Waals surface area contributed by atoms with Crippen LogP contribution in [0, 0.1) is 0 Å². The average molecular weight is 127 g/mol.